The molecule has 0 saturated carbocycles. The molecule has 1 unspecified atom stereocenters. The van der Waals surface area contributed by atoms with Crippen molar-refractivity contribution in [2.75, 3.05) is 13.7 Å². The number of methoxy groups -OCH3 is 1. The zero-order chi connectivity index (χ0) is 12.1. The quantitative estimate of drug-likeness (QED) is 0.858. The smallest absolute Gasteiger partial charge is 0.140 e. The third-order valence-electron chi connectivity index (χ3n) is 2.25. The van der Waals surface area contributed by atoms with Crippen molar-refractivity contribution < 1.29 is 14.9 Å². The zero-order valence-corrected chi connectivity index (χ0v) is 10.4. The van der Waals surface area contributed by atoms with Crippen molar-refractivity contribution in [1.82, 2.24) is 0 Å². The topological polar surface area (TPSA) is 49.7 Å². The van der Waals surface area contributed by atoms with E-state index in [-0.39, 0.29) is 6.61 Å². The van der Waals surface area contributed by atoms with Gasteiger partial charge in [0, 0.05) is 5.02 Å². The van der Waals surface area contributed by atoms with Gasteiger partial charge >= 0.3 is 0 Å². The van der Waals surface area contributed by atoms with Crippen LogP contribution in [-0.4, -0.2) is 30.0 Å². The van der Waals surface area contributed by atoms with E-state index in [0.29, 0.717) is 28.6 Å². The molecule has 0 amide bonds. The van der Waals surface area contributed by atoms with E-state index >= 15 is 0 Å². The van der Waals surface area contributed by atoms with Gasteiger partial charge in [-0.05, 0) is 30.5 Å². The summed E-state index contributed by atoms with van der Waals surface area (Å²) in [4.78, 5) is 0. The second-order valence-corrected chi connectivity index (χ2v) is 4.30. The van der Waals surface area contributed by atoms with E-state index in [1.165, 1.54) is 7.11 Å². The second kappa shape index (κ2) is 6.30. The van der Waals surface area contributed by atoms with Crippen LogP contribution in [0.25, 0.3) is 0 Å². The maximum absolute atomic E-state index is 9.26. The molecule has 0 aliphatic rings. The molecule has 0 aromatic heterocycles. The average Bonchev–Trinajstić information content (AvgIpc) is 2.25. The predicted octanol–water partition coefficient (Wildman–Crippen LogP) is 2.29. The largest absolute Gasteiger partial charge is 0.495 e. The summed E-state index contributed by atoms with van der Waals surface area (Å²) >= 11 is 11.8. The Morgan fingerprint density at radius 1 is 1.38 bits per heavy atom. The van der Waals surface area contributed by atoms with Crippen molar-refractivity contribution in [2.24, 2.45) is 0 Å². The second-order valence-electron chi connectivity index (χ2n) is 3.46. The molecule has 0 aliphatic carbocycles. The van der Waals surface area contributed by atoms with Crippen molar-refractivity contribution >= 4 is 23.2 Å². The van der Waals surface area contributed by atoms with Gasteiger partial charge in [-0.25, -0.2) is 0 Å². The van der Waals surface area contributed by atoms with Gasteiger partial charge in [0.2, 0.25) is 0 Å². The number of ether oxygens (including phenoxy) is 1. The third kappa shape index (κ3) is 3.52. The Morgan fingerprint density at radius 2 is 2.06 bits per heavy atom. The molecule has 1 rings (SSSR count). The molecule has 5 heteroatoms. The summed E-state index contributed by atoms with van der Waals surface area (Å²) in [5.74, 6) is 0.566. The highest BCUT2D eigenvalue weighted by atomic mass is 35.5. The van der Waals surface area contributed by atoms with Gasteiger partial charge in [0.1, 0.15) is 5.75 Å². The monoisotopic (exact) mass is 264 g/mol. The summed E-state index contributed by atoms with van der Waals surface area (Å²) in [6.07, 6.45) is 0.247. The summed E-state index contributed by atoms with van der Waals surface area (Å²) in [7, 11) is 1.53. The first-order valence-electron chi connectivity index (χ1n) is 4.89. The Balaban J connectivity index is 2.85. The molecular formula is C11H14Cl2O3. The normalized spacial score (nSPS) is 12.6. The molecule has 0 radical (unpaired) electrons. The van der Waals surface area contributed by atoms with Crippen LogP contribution in [0.3, 0.4) is 0 Å². The molecular weight excluding hydrogens is 251 g/mol. The highest BCUT2D eigenvalue weighted by Gasteiger charge is 2.11. The van der Waals surface area contributed by atoms with Crippen LogP contribution in [0.5, 0.6) is 5.75 Å². The summed E-state index contributed by atoms with van der Waals surface area (Å²) in [5.41, 5.74) is 0.826. The van der Waals surface area contributed by atoms with Gasteiger partial charge in [-0.1, -0.05) is 23.2 Å². The number of rotatable bonds is 5. The van der Waals surface area contributed by atoms with E-state index in [4.69, 9.17) is 33.0 Å². The van der Waals surface area contributed by atoms with Crippen molar-refractivity contribution in [2.45, 2.75) is 18.9 Å². The Kier molecular flexibility index (Phi) is 5.35. The number of hydrogen-bond donors (Lipinski definition) is 2. The van der Waals surface area contributed by atoms with Crippen molar-refractivity contribution in [3.05, 3.63) is 27.7 Å². The molecule has 0 fully saturated rings. The maximum Gasteiger partial charge on any atom is 0.140 e. The van der Waals surface area contributed by atoms with Crippen LogP contribution in [0, 0.1) is 0 Å². The summed E-state index contributed by atoms with van der Waals surface area (Å²) in [6, 6.07) is 3.35. The molecule has 3 nitrogen and oxygen atoms in total. The first-order valence-corrected chi connectivity index (χ1v) is 5.65. The standard InChI is InChI=1S/C11H14Cl2O3/c1-16-11-7(2-3-9(15)6-14)4-8(12)5-10(11)13/h4-5,9,14-15H,2-3,6H2,1H3. The number of hydrogen-bond acceptors (Lipinski definition) is 3. The van der Waals surface area contributed by atoms with Gasteiger partial charge in [0.25, 0.3) is 0 Å². The van der Waals surface area contributed by atoms with E-state index in [9.17, 15) is 5.11 Å². The first kappa shape index (κ1) is 13.6. The molecule has 0 saturated heterocycles. The fourth-order valence-electron chi connectivity index (χ4n) is 1.44. The Labute approximate surface area is 105 Å². The van der Waals surface area contributed by atoms with Crippen LogP contribution >= 0.6 is 23.2 Å². The molecule has 16 heavy (non-hydrogen) atoms. The fourth-order valence-corrected chi connectivity index (χ4v) is 2.05. The molecule has 2 N–H and O–H groups in total. The van der Waals surface area contributed by atoms with Crippen LogP contribution in [0.2, 0.25) is 10.0 Å². The van der Waals surface area contributed by atoms with Crippen molar-refractivity contribution in [3.63, 3.8) is 0 Å². The third-order valence-corrected chi connectivity index (χ3v) is 2.75. The number of aliphatic hydroxyl groups is 2. The number of halogens is 2. The van der Waals surface area contributed by atoms with Crippen LogP contribution in [0.1, 0.15) is 12.0 Å². The van der Waals surface area contributed by atoms with Crippen LogP contribution in [0.4, 0.5) is 0 Å². The zero-order valence-electron chi connectivity index (χ0n) is 8.91. The minimum Gasteiger partial charge on any atom is -0.495 e. The Bertz CT molecular complexity index is 355. The highest BCUT2D eigenvalue weighted by Crippen LogP contribution is 2.32. The van der Waals surface area contributed by atoms with E-state index < -0.39 is 6.10 Å². The number of aliphatic hydroxyl groups excluding tert-OH is 2. The predicted molar refractivity (Wildman–Crippen MR) is 64.4 cm³/mol. The lowest BCUT2D eigenvalue weighted by molar-refractivity contribution is 0.0884. The highest BCUT2D eigenvalue weighted by molar-refractivity contribution is 6.35. The Morgan fingerprint density at radius 3 is 2.62 bits per heavy atom. The SMILES string of the molecule is COc1c(Cl)cc(Cl)cc1CCC(O)CO. The van der Waals surface area contributed by atoms with Crippen LogP contribution in [0.15, 0.2) is 12.1 Å². The van der Waals surface area contributed by atoms with E-state index in [2.05, 4.69) is 0 Å². The maximum atomic E-state index is 9.26. The van der Waals surface area contributed by atoms with Crippen molar-refractivity contribution in [1.29, 1.82) is 0 Å². The summed E-state index contributed by atoms with van der Waals surface area (Å²) in [6.45, 7) is -0.253. The van der Waals surface area contributed by atoms with E-state index in [1.807, 2.05) is 0 Å². The van der Waals surface area contributed by atoms with Crippen LogP contribution in [-0.2, 0) is 6.42 Å². The molecule has 90 valence electrons. The average molecular weight is 265 g/mol. The minimum atomic E-state index is -0.734. The lowest BCUT2D eigenvalue weighted by atomic mass is 10.1. The van der Waals surface area contributed by atoms with Gasteiger partial charge < -0.3 is 14.9 Å². The van der Waals surface area contributed by atoms with E-state index in [1.54, 1.807) is 12.1 Å². The summed E-state index contributed by atoms with van der Waals surface area (Å²) in [5, 5.41) is 19.0. The number of aryl methyl sites for hydroxylation is 1. The molecule has 1 aromatic rings. The molecule has 1 atom stereocenters. The van der Waals surface area contributed by atoms with Gasteiger partial charge in [0.15, 0.2) is 0 Å². The van der Waals surface area contributed by atoms with Gasteiger partial charge in [-0.15, -0.1) is 0 Å². The van der Waals surface area contributed by atoms with Crippen molar-refractivity contribution in [3.8, 4) is 5.75 Å². The Hall–Kier alpha value is -0.480. The fraction of sp³-hybridized carbons (Fsp3) is 0.455. The lowest BCUT2D eigenvalue weighted by Crippen LogP contribution is -2.12. The number of benzene rings is 1. The first-order chi connectivity index (χ1) is 7.58. The molecule has 0 heterocycles. The molecule has 0 spiro atoms. The minimum absolute atomic E-state index is 0.253. The van der Waals surface area contributed by atoms with E-state index in [0.717, 1.165) is 5.56 Å². The molecule has 0 bridgehead atoms. The van der Waals surface area contributed by atoms with Gasteiger partial charge in [-0.2, -0.15) is 0 Å². The molecule has 0 aliphatic heterocycles. The van der Waals surface area contributed by atoms with Crippen LogP contribution < -0.4 is 4.74 Å². The van der Waals surface area contributed by atoms with Gasteiger partial charge in [0.05, 0.1) is 24.8 Å². The molecule has 1 aromatic carbocycles. The lowest BCUT2D eigenvalue weighted by Gasteiger charge is -2.12. The van der Waals surface area contributed by atoms with Gasteiger partial charge in [-0.3, -0.25) is 0 Å². The summed E-state index contributed by atoms with van der Waals surface area (Å²) < 4.78 is 5.16.